The van der Waals surface area contributed by atoms with Crippen LogP contribution in [0.5, 0.6) is 5.88 Å². The number of nitrogens with zero attached hydrogens (tertiary/aromatic N) is 6. The summed E-state index contributed by atoms with van der Waals surface area (Å²) in [5, 5.41) is 9.00. The van der Waals surface area contributed by atoms with Crippen LogP contribution in [0.15, 0.2) is 47.5 Å². The van der Waals surface area contributed by atoms with E-state index in [4.69, 9.17) is 9.84 Å². The van der Waals surface area contributed by atoms with E-state index in [9.17, 15) is 9.59 Å². The van der Waals surface area contributed by atoms with Crippen LogP contribution >= 0.6 is 0 Å². The van der Waals surface area contributed by atoms with Crippen LogP contribution in [0.25, 0.3) is 22.4 Å². The fraction of sp³-hybridized carbons (Fsp3) is 0.190. The molecule has 4 heterocycles. The molecule has 1 aliphatic rings. The molecule has 0 amide bonds. The fourth-order valence-corrected chi connectivity index (χ4v) is 3.73. The number of pyridine rings is 1. The van der Waals surface area contributed by atoms with E-state index in [2.05, 4.69) is 15.0 Å². The summed E-state index contributed by atoms with van der Waals surface area (Å²) in [6.07, 6.45) is 3.10. The smallest absolute Gasteiger partial charge is 0.354 e. The van der Waals surface area contributed by atoms with E-state index < -0.39 is 5.97 Å². The van der Waals surface area contributed by atoms with Crippen LogP contribution < -0.4 is 15.3 Å². The topological polar surface area (TPSA) is 115 Å². The molecule has 0 spiro atoms. The second-order valence-corrected chi connectivity index (χ2v) is 7.19. The van der Waals surface area contributed by atoms with E-state index in [-0.39, 0.29) is 11.4 Å². The number of carbonyl (C=O) groups is 1. The number of aryl methyl sites for hydroxylation is 2. The summed E-state index contributed by atoms with van der Waals surface area (Å²) < 4.78 is 9.00. The number of carboxylic acid groups (broad SMARTS) is 1. The van der Waals surface area contributed by atoms with Crippen molar-refractivity contribution in [1.29, 1.82) is 0 Å². The molecule has 0 unspecified atom stereocenters. The third-order valence-electron chi connectivity index (χ3n) is 5.39. The predicted octanol–water partition coefficient (Wildman–Crippen LogP) is 1.96. The number of aromatic carboxylic acids is 1. The van der Waals surface area contributed by atoms with Crippen molar-refractivity contribution in [3.05, 3.63) is 58.9 Å². The lowest BCUT2D eigenvalue weighted by Gasteiger charge is -2.30. The van der Waals surface area contributed by atoms with E-state index in [1.807, 2.05) is 23.1 Å². The highest BCUT2D eigenvalue weighted by molar-refractivity contribution is 5.86. The number of fused-ring (bicyclic) bond motifs is 2. The molecule has 1 N–H and O–H groups in total. The first kappa shape index (κ1) is 18.8. The molecule has 0 fully saturated rings. The van der Waals surface area contributed by atoms with Crippen molar-refractivity contribution in [3.8, 4) is 17.3 Å². The number of carboxylic acids is 1. The number of aromatic nitrogens is 5. The lowest BCUT2D eigenvalue weighted by atomic mass is 10.2. The molecule has 0 aliphatic carbocycles. The van der Waals surface area contributed by atoms with Gasteiger partial charge in [0.15, 0.2) is 5.82 Å². The Morgan fingerprint density at radius 2 is 1.87 bits per heavy atom. The Labute approximate surface area is 176 Å². The monoisotopic (exact) mass is 418 g/mol. The summed E-state index contributed by atoms with van der Waals surface area (Å²) in [4.78, 5) is 38.1. The zero-order chi connectivity index (χ0) is 21.7. The molecule has 0 saturated heterocycles. The summed E-state index contributed by atoms with van der Waals surface area (Å²) in [6.45, 7) is 1.04. The van der Waals surface area contributed by atoms with Crippen LogP contribution in [0.2, 0.25) is 0 Å². The van der Waals surface area contributed by atoms with E-state index in [1.165, 1.54) is 12.3 Å². The molecule has 0 saturated carbocycles. The largest absolute Gasteiger partial charge is 0.477 e. The first-order valence-corrected chi connectivity index (χ1v) is 9.56. The van der Waals surface area contributed by atoms with Crippen LogP contribution in [0.1, 0.15) is 10.5 Å². The Morgan fingerprint density at radius 1 is 1.06 bits per heavy atom. The molecule has 3 aromatic heterocycles. The maximum Gasteiger partial charge on any atom is 0.354 e. The second kappa shape index (κ2) is 6.94. The fourth-order valence-electron chi connectivity index (χ4n) is 3.73. The van der Waals surface area contributed by atoms with Gasteiger partial charge in [-0.05, 0) is 30.3 Å². The van der Waals surface area contributed by atoms with Crippen LogP contribution in [0, 0.1) is 0 Å². The summed E-state index contributed by atoms with van der Waals surface area (Å²) >= 11 is 0. The van der Waals surface area contributed by atoms with E-state index in [1.54, 1.807) is 35.5 Å². The van der Waals surface area contributed by atoms with Gasteiger partial charge in [-0.15, -0.1) is 0 Å². The molecule has 156 valence electrons. The third-order valence-corrected chi connectivity index (χ3v) is 5.39. The van der Waals surface area contributed by atoms with Gasteiger partial charge in [-0.3, -0.25) is 9.13 Å². The van der Waals surface area contributed by atoms with Gasteiger partial charge < -0.3 is 14.7 Å². The van der Waals surface area contributed by atoms with Gasteiger partial charge in [0.1, 0.15) is 18.0 Å². The number of hydrogen-bond donors (Lipinski definition) is 1. The van der Waals surface area contributed by atoms with Gasteiger partial charge in [0.25, 0.3) is 0 Å². The number of anilines is 2. The van der Waals surface area contributed by atoms with Crippen molar-refractivity contribution in [2.75, 3.05) is 18.1 Å². The van der Waals surface area contributed by atoms with Crippen LogP contribution in [0.4, 0.5) is 11.4 Å². The SMILES string of the molecule is Cn1c(=O)n(C)c2cc(N3CCOc4nc(-c5ccc(C(=O)O)nc5)ncc43)ccc21. The molecule has 31 heavy (non-hydrogen) atoms. The molecule has 5 rings (SSSR count). The molecular formula is C21H18N6O4. The van der Waals surface area contributed by atoms with Gasteiger partial charge >= 0.3 is 11.7 Å². The van der Waals surface area contributed by atoms with Crippen molar-refractivity contribution in [2.24, 2.45) is 14.1 Å². The number of rotatable bonds is 3. The van der Waals surface area contributed by atoms with E-state index in [0.717, 1.165) is 16.7 Å². The average molecular weight is 418 g/mol. The highest BCUT2D eigenvalue weighted by Crippen LogP contribution is 2.36. The van der Waals surface area contributed by atoms with Crippen molar-refractivity contribution < 1.29 is 14.6 Å². The zero-order valence-electron chi connectivity index (χ0n) is 16.8. The standard InChI is InChI=1S/C21H18N6O4/c1-25-15-6-4-13(9-16(15)26(2)21(25)30)27-7-8-31-19-17(27)11-23-18(24-19)12-3-5-14(20(28)29)22-10-12/h3-6,9-11H,7-8H2,1-2H3,(H,28,29). The van der Waals surface area contributed by atoms with E-state index >= 15 is 0 Å². The molecule has 1 aliphatic heterocycles. The normalized spacial score (nSPS) is 13.2. The zero-order valence-corrected chi connectivity index (χ0v) is 16.8. The molecule has 1 aromatic carbocycles. The molecular weight excluding hydrogens is 400 g/mol. The number of benzene rings is 1. The average Bonchev–Trinajstić information content (AvgIpc) is 3.02. The number of ether oxygens (including phenoxy) is 1. The summed E-state index contributed by atoms with van der Waals surface area (Å²) in [5.41, 5.74) is 3.77. The highest BCUT2D eigenvalue weighted by Gasteiger charge is 2.23. The van der Waals surface area contributed by atoms with Gasteiger partial charge in [-0.25, -0.2) is 19.6 Å². The summed E-state index contributed by atoms with van der Waals surface area (Å²) in [5.74, 6) is -0.267. The molecule has 10 nitrogen and oxygen atoms in total. The molecule has 0 radical (unpaired) electrons. The maximum absolute atomic E-state index is 12.2. The van der Waals surface area contributed by atoms with Gasteiger partial charge in [-0.2, -0.15) is 4.98 Å². The minimum atomic E-state index is -1.09. The Kier molecular flexibility index (Phi) is 4.21. The van der Waals surface area contributed by atoms with Gasteiger partial charge in [0, 0.05) is 31.5 Å². The molecule has 0 bridgehead atoms. The number of hydrogen-bond acceptors (Lipinski definition) is 7. The Hall–Kier alpha value is -4.21. The lowest BCUT2D eigenvalue weighted by molar-refractivity contribution is 0.0690. The Morgan fingerprint density at radius 3 is 2.61 bits per heavy atom. The maximum atomic E-state index is 12.2. The molecule has 4 aromatic rings. The summed E-state index contributed by atoms with van der Waals surface area (Å²) in [6, 6.07) is 8.87. The second-order valence-electron chi connectivity index (χ2n) is 7.19. The first-order valence-electron chi connectivity index (χ1n) is 9.56. The number of imidazole rings is 1. The minimum Gasteiger partial charge on any atom is -0.477 e. The van der Waals surface area contributed by atoms with Crippen LogP contribution in [0.3, 0.4) is 0 Å². The van der Waals surface area contributed by atoms with Gasteiger partial charge in [0.05, 0.1) is 23.8 Å². The highest BCUT2D eigenvalue weighted by atomic mass is 16.5. The molecule has 10 heteroatoms. The Balaban J connectivity index is 1.53. The first-order chi connectivity index (χ1) is 14.9. The third kappa shape index (κ3) is 3.00. The van der Waals surface area contributed by atoms with Crippen molar-refractivity contribution in [2.45, 2.75) is 0 Å². The summed E-state index contributed by atoms with van der Waals surface area (Å²) in [7, 11) is 3.50. The van der Waals surface area contributed by atoms with Gasteiger partial charge in [-0.1, -0.05) is 0 Å². The van der Waals surface area contributed by atoms with E-state index in [0.29, 0.717) is 36.1 Å². The quantitative estimate of drug-likeness (QED) is 0.537. The lowest BCUT2D eigenvalue weighted by Crippen LogP contribution is -2.29. The van der Waals surface area contributed by atoms with Gasteiger partial charge in [0.2, 0.25) is 5.88 Å². The van der Waals surface area contributed by atoms with Crippen LogP contribution in [-0.2, 0) is 14.1 Å². The Bertz CT molecular complexity index is 1390. The predicted molar refractivity (Wildman–Crippen MR) is 113 cm³/mol. The van der Waals surface area contributed by atoms with Crippen LogP contribution in [-0.4, -0.2) is 48.3 Å². The van der Waals surface area contributed by atoms with Crippen molar-refractivity contribution in [3.63, 3.8) is 0 Å². The minimum absolute atomic E-state index is 0.0464. The molecule has 0 atom stereocenters. The van der Waals surface area contributed by atoms with Crippen molar-refractivity contribution in [1.82, 2.24) is 24.1 Å². The van der Waals surface area contributed by atoms with Crippen molar-refractivity contribution >= 4 is 28.4 Å².